The highest BCUT2D eigenvalue weighted by Crippen LogP contribution is 2.00. The number of Topliss-reactive ketones (excluding diaryl/α,β-unsaturated/α-hetero) is 1. The average molecular weight is 316 g/mol. The quantitative estimate of drug-likeness (QED) is 0.601. The molecular weight excluding hydrogens is 300 g/mol. The number of esters is 1. The number of hydrogen-bond donors (Lipinski definition) is 2. The number of carbonyl (C=O) groups is 3. The fraction of sp³-hybridized carbons (Fsp3) is 0.188. The SMILES string of the molecule is O=C(NCC(=O)C(=O)OC1C=CC=CN1)OCc1ccccc1. The van der Waals surface area contributed by atoms with E-state index in [0.29, 0.717) is 0 Å². The zero-order valence-electron chi connectivity index (χ0n) is 12.2. The van der Waals surface area contributed by atoms with Crippen LogP contribution in [0.1, 0.15) is 5.56 Å². The van der Waals surface area contributed by atoms with Gasteiger partial charge in [0.25, 0.3) is 5.78 Å². The lowest BCUT2D eigenvalue weighted by atomic mass is 10.2. The molecule has 0 saturated heterocycles. The van der Waals surface area contributed by atoms with Crippen molar-refractivity contribution in [3.8, 4) is 0 Å². The Kier molecular flexibility index (Phi) is 5.93. The molecule has 0 aromatic heterocycles. The Bertz CT molecular complexity index is 625. The smallest absolute Gasteiger partial charge is 0.407 e. The summed E-state index contributed by atoms with van der Waals surface area (Å²) in [5, 5.41) is 4.94. The number of alkyl carbamates (subject to hydrolysis) is 1. The number of ketones is 1. The maximum absolute atomic E-state index is 11.6. The van der Waals surface area contributed by atoms with Gasteiger partial charge in [-0.3, -0.25) is 4.79 Å². The van der Waals surface area contributed by atoms with Gasteiger partial charge in [0.1, 0.15) is 6.61 Å². The van der Waals surface area contributed by atoms with Gasteiger partial charge >= 0.3 is 12.1 Å². The summed E-state index contributed by atoms with van der Waals surface area (Å²) >= 11 is 0. The number of benzene rings is 1. The fourth-order valence-electron chi connectivity index (χ4n) is 1.68. The van der Waals surface area contributed by atoms with Crippen molar-refractivity contribution >= 4 is 17.8 Å². The van der Waals surface area contributed by atoms with Crippen LogP contribution in [0, 0.1) is 0 Å². The van der Waals surface area contributed by atoms with E-state index in [1.54, 1.807) is 36.6 Å². The van der Waals surface area contributed by atoms with Gasteiger partial charge in [0.05, 0.1) is 6.54 Å². The molecule has 1 aliphatic heterocycles. The molecule has 1 unspecified atom stereocenters. The number of carbonyl (C=O) groups excluding carboxylic acids is 3. The largest absolute Gasteiger partial charge is 0.445 e. The summed E-state index contributed by atoms with van der Waals surface area (Å²) in [6.07, 6.45) is 5.08. The lowest BCUT2D eigenvalue weighted by molar-refractivity contribution is -0.156. The molecule has 7 nitrogen and oxygen atoms in total. The Morgan fingerprint density at radius 2 is 1.91 bits per heavy atom. The lowest BCUT2D eigenvalue weighted by Gasteiger charge is -2.15. The van der Waals surface area contributed by atoms with Gasteiger partial charge in [-0.15, -0.1) is 0 Å². The number of ether oxygens (including phenoxy) is 2. The van der Waals surface area contributed by atoms with E-state index in [1.165, 1.54) is 0 Å². The van der Waals surface area contributed by atoms with Crippen molar-refractivity contribution in [1.29, 1.82) is 0 Å². The molecule has 23 heavy (non-hydrogen) atoms. The molecule has 1 atom stereocenters. The van der Waals surface area contributed by atoms with Crippen molar-refractivity contribution in [1.82, 2.24) is 10.6 Å². The van der Waals surface area contributed by atoms with Crippen molar-refractivity contribution in [3.05, 3.63) is 60.3 Å². The number of allylic oxidation sites excluding steroid dienone is 2. The number of hydrogen-bond acceptors (Lipinski definition) is 6. The van der Waals surface area contributed by atoms with Crippen molar-refractivity contribution < 1.29 is 23.9 Å². The van der Waals surface area contributed by atoms with Gasteiger partial charge in [-0.25, -0.2) is 9.59 Å². The Hall–Kier alpha value is -3.09. The standard InChI is InChI=1S/C16H16N2O5/c19-13(15(20)23-14-8-4-5-9-17-14)10-18-16(21)22-11-12-6-2-1-3-7-12/h1-9,14,17H,10-11H2,(H,18,21). The first-order valence-corrected chi connectivity index (χ1v) is 6.93. The Morgan fingerprint density at radius 1 is 1.13 bits per heavy atom. The van der Waals surface area contributed by atoms with Gasteiger partial charge in [-0.1, -0.05) is 36.4 Å². The van der Waals surface area contributed by atoms with Crippen LogP contribution in [-0.4, -0.2) is 30.6 Å². The van der Waals surface area contributed by atoms with E-state index in [2.05, 4.69) is 10.6 Å². The van der Waals surface area contributed by atoms with Gasteiger partial charge in [0.2, 0.25) is 0 Å². The summed E-state index contributed by atoms with van der Waals surface area (Å²) in [5.41, 5.74) is 0.816. The maximum atomic E-state index is 11.6. The van der Waals surface area contributed by atoms with E-state index in [-0.39, 0.29) is 6.61 Å². The Morgan fingerprint density at radius 3 is 2.61 bits per heavy atom. The monoisotopic (exact) mass is 316 g/mol. The molecule has 1 amide bonds. The molecule has 0 radical (unpaired) electrons. The van der Waals surface area contributed by atoms with E-state index in [1.807, 2.05) is 18.2 Å². The predicted molar refractivity (Wildman–Crippen MR) is 80.9 cm³/mol. The average Bonchev–Trinajstić information content (AvgIpc) is 2.59. The predicted octanol–water partition coefficient (Wildman–Crippen LogP) is 1.02. The van der Waals surface area contributed by atoms with Crippen LogP contribution in [0.5, 0.6) is 0 Å². The maximum Gasteiger partial charge on any atom is 0.407 e. The van der Waals surface area contributed by atoms with E-state index < -0.39 is 30.6 Å². The first kappa shape index (κ1) is 16.3. The van der Waals surface area contributed by atoms with Crippen molar-refractivity contribution in [2.24, 2.45) is 0 Å². The fourth-order valence-corrected chi connectivity index (χ4v) is 1.68. The van der Waals surface area contributed by atoms with E-state index >= 15 is 0 Å². The summed E-state index contributed by atoms with van der Waals surface area (Å²) in [6.45, 7) is -0.410. The third-order valence-corrected chi connectivity index (χ3v) is 2.82. The summed E-state index contributed by atoms with van der Waals surface area (Å²) in [7, 11) is 0. The highest BCUT2D eigenvalue weighted by atomic mass is 16.6. The Balaban J connectivity index is 1.66. The second-order valence-corrected chi connectivity index (χ2v) is 4.58. The molecule has 120 valence electrons. The van der Waals surface area contributed by atoms with Crippen LogP contribution in [0.4, 0.5) is 4.79 Å². The molecule has 0 fully saturated rings. The summed E-state index contributed by atoms with van der Waals surface area (Å²) in [4.78, 5) is 34.6. The lowest BCUT2D eigenvalue weighted by Crippen LogP contribution is -2.38. The molecule has 0 aliphatic carbocycles. The highest BCUT2D eigenvalue weighted by Gasteiger charge is 2.20. The summed E-state index contributed by atoms with van der Waals surface area (Å²) < 4.78 is 9.81. The zero-order valence-corrected chi connectivity index (χ0v) is 12.2. The molecule has 2 rings (SSSR count). The topological polar surface area (TPSA) is 93.7 Å². The molecule has 7 heteroatoms. The van der Waals surface area contributed by atoms with Crippen molar-refractivity contribution in [3.63, 3.8) is 0 Å². The minimum absolute atomic E-state index is 0.0778. The molecule has 1 aromatic rings. The van der Waals surface area contributed by atoms with Gasteiger partial charge < -0.3 is 20.1 Å². The second kappa shape index (κ2) is 8.38. The number of rotatable bonds is 6. The minimum Gasteiger partial charge on any atom is -0.445 e. The normalized spacial score (nSPS) is 15.4. The van der Waals surface area contributed by atoms with E-state index in [4.69, 9.17) is 9.47 Å². The first-order chi connectivity index (χ1) is 11.1. The van der Waals surface area contributed by atoms with Gasteiger partial charge in [0.15, 0.2) is 6.23 Å². The summed E-state index contributed by atoms with van der Waals surface area (Å²) in [5.74, 6) is -1.91. The third kappa shape index (κ3) is 5.66. The van der Waals surface area contributed by atoms with Crippen LogP contribution in [-0.2, 0) is 25.7 Å². The minimum atomic E-state index is -1.04. The molecule has 0 bridgehead atoms. The summed E-state index contributed by atoms with van der Waals surface area (Å²) in [6, 6.07) is 9.09. The Labute approximate surface area is 133 Å². The molecule has 0 spiro atoms. The number of dihydropyridines is 1. The van der Waals surface area contributed by atoms with Gasteiger partial charge in [-0.2, -0.15) is 0 Å². The molecule has 1 heterocycles. The van der Waals surface area contributed by atoms with Crippen molar-refractivity contribution in [2.45, 2.75) is 12.8 Å². The zero-order chi connectivity index (χ0) is 16.5. The van der Waals surface area contributed by atoms with Gasteiger partial charge in [-0.05, 0) is 23.9 Å². The van der Waals surface area contributed by atoms with Crippen LogP contribution in [0.25, 0.3) is 0 Å². The second-order valence-electron chi connectivity index (χ2n) is 4.58. The van der Waals surface area contributed by atoms with Crippen LogP contribution >= 0.6 is 0 Å². The molecular formula is C16H16N2O5. The highest BCUT2D eigenvalue weighted by molar-refractivity contribution is 6.34. The van der Waals surface area contributed by atoms with Crippen LogP contribution in [0.2, 0.25) is 0 Å². The number of nitrogens with one attached hydrogen (secondary N) is 2. The van der Waals surface area contributed by atoms with Crippen molar-refractivity contribution in [2.75, 3.05) is 6.54 Å². The van der Waals surface area contributed by atoms with Gasteiger partial charge in [0, 0.05) is 0 Å². The molecule has 1 aromatic carbocycles. The van der Waals surface area contributed by atoms with Crippen LogP contribution < -0.4 is 10.6 Å². The first-order valence-electron chi connectivity index (χ1n) is 6.93. The number of amides is 1. The molecule has 1 aliphatic rings. The van der Waals surface area contributed by atoms with Crippen LogP contribution in [0.15, 0.2) is 54.8 Å². The van der Waals surface area contributed by atoms with E-state index in [9.17, 15) is 14.4 Å². The molecule has 2 N–H and O–H groups in total. The third-order valence-electron chi connectivity index (χ3n) is 2.82. The van der Waals surface area contributed by atoms with Crippen LogP contribution in [0.3, 0.4) is 0 Å². The molecule has 0 saturated carbocycles. The van der Waals surface area contributed by atoms with E-state index in [0.717, 1.165) is 5.56 Å².